The van der Waals surface area contributed by atoms with E-state index in [-0.39, 0.29) is 12.4 Å². The van der Waals surface area contributed by atoms with Crippen LogP contribution in [0.1, 0.15) is 35.1 Å². The lowest BCUT2D eigenvalue weighted by molar-refractivity contribution is -0.0137. The van der Waals surface area contributed by atoms with Crippen LogP contribution in [0, 0.1) is 17.1 Å². The second-order valence-electron chi connectivity index (χ2n) is 7.99. The minimum absolute atomic E-state index is 0.276. The topological polar surface area (TPSA) is 82.8 Å². The van der Waals surface area contributed by atoms with Crippen LogP contribution in [-0.4, -0.2) is 23.2 Å². The largest absolute Gasteiger partial charge is 0.458 e. The number of hydrogen-bond acceptors (Lipinski definition) is 4. The highest BCUT2D eigenvalue weighted by atomic mass is 31.2. The van der Waals surface area contributed by atoms with Crippen LogP contribution in [-0.2, 0) is 21.5 Å². The number of rotatable bonds is 8. The van der Waals surface area contributed by atoms with Gasteiger partial charge in [-0.1, -0.05) is 36.4 Å². The molecular formula is C25H24FN2O4P. The van der Waals surface area contributed by atoms with Crippen molar-refractivity contribution in [1.29, 1.82) is 5.26 Å². The molecule has 0 amide bonds. The SMILES string of the molecule is CN(CCCC1(c2ccc(F)cc2)OCc2cc(C#N)ccc21)P(=O)(O)Oc1ccccc1. The van der Waals surface area contributed by atoms with Gasteiger partial charge in [-0.25, -0.2) is 13.6 Å². The van der Waals surface area contributed by atoms with Gasteiger partial charge in [-0.05, 0) is 73.0 Å². The van der Waals surface area contributed by atoms with Crippen LogP contribution >= 0.6 is 7.75 Å². The third-order valence-corrected chi connectivity index (χ3v) is 7.38. The fourth-order valence-electron chi connectivity index (χ4n) is 4.14. The molecule has 4 rings (SSSR count). The third kappa shape index (κ3) is 4.85. The van der Waals surface area contributed by atoms with Crippen molar-refractivity contribution < 1.29 is 23.1 Å². The van der Waals surface area contributed by atoms with E-state index in [4.69, 9.17) is 9.26 Å². The van der Waals surface area contributed by atoms with Gasteiger partial charge < -0.3 is 14.2 Å². The maximum absolute atomic E-state index is 13.6. The Labute approximate surface area is 192 Å². The molecular weight excluding hydrogens is 442 g/mol. The molecule has 1 aliphatic heterocycles. The van der Waals surface area contributed by atoms with Crippen molar-refractivity contribution >= 4 is 7.75 Å². The molecule has 3 aromatic rings. The van der Waals surface area contributed by atoms with Gasteiger partial charge in [-0.3, -0.25) is 0 Å². The molecule has 1 heterocycles. The fourth-order valence-corrected chi connectivity index (χ4v) is 5.07. The van der Waals surface area contributed by atoms with Crippen LogP contribution in [0.4, 0.5) is 4.39 Å². The van der Waals surface area contributed by atoms with Crippen molar-refractivity contribution in [2.75, 3.05) is 13.6 Å². The Hall–Kier alpha value is -3.01. The Morgan fingerprint density at radius 3 is 2.61 bits per heavy atom. The maximum atomic E-state index is 13.6. The number of benzene rings is 3. The minimum Gasteiger partial charge on any atom is -0.413 e. The van der Waals surface area contributed by atoms with Crippen LogP contribution in [0.3, 0.4) is 0 Å². The summed E-state index contributed by atoms with van der Waals surface area (Å²) >= 11 is 0. The van der Waals surface area contributed by atoms with E-state index in [0.29, 0.717) is 30.8 Å². The predicted octanol–water partition coefficient (Wildman–Crippen LogP) is 5.36. The normalized spacial score (nSPS) is 19.0. The summed E-state index contributed by atoms with van der Waals surface area (Å²) < 4.78 is 39.2. The second kappa shape index (κ2) is 9.46. The van der Waals surface area contributed by atoms with Crippen molar-refractivity contribution in [3.63, 3.8) is 0 Å². The highest BCUT2D eigenvalue weighted by Crippen LogP contribution is 2.48. The van der Waals surface area contributed by atoms with Crippen LogP contribution in [0.5, 0.6) is 5.75 Å². The smallest absolute Gasteiger partial charge is 0.413 e. The maximum Gasteiger partial charge on any atom is 0.458 e. The number of para-hydroxylation sites is 1. The zero-order valence-corrected chi connectivity index (χ0v) is 19.0. The summed E-state index contributed by atoms with van der Waals surface area (Å²) in [4.78, 5) is 10.4. The van der Waals surface area contributed by atoms with Crippen molar-refractivity contribution in [2.24, 2.45) is 0 Å². The van der Waals surface area contributed by atoms with E-state index in [2.05, 4.69) is 6.07 Å². The molecule has 2 unspecified atom stereocenters. The van der Waals surface area contributed by atoms with E-state index < -0.39 is 13.3 Å². The number of nitrogens with zero attached hydrogens (tertiary/aromatic N) is 2. The van der Waals surface area contributed by atoms with Crippen molar-refractivity contribution in [3.8, 4) is 11.8 Å². The average molecular weight is 466 g/mol. The monoisotopic (exact) mass is 466 g/mol. The Morgan fingerprint density at radius 2 is 1.91 bits per heavy atom. The summed E-state index contributed by atoms with van der Waals surface area (Å²) in [6.07, 6.45) is 1.00. The van der Waals surface area contributed by atoms with E-state index >= 15 is 0 Å². The molecule has 170 valence electrons. The van der Waals surface area contributed by atoms with Gasteiger partial charge in [0.25, 0.3) is 0 Å². The Morgan fingerprint density at radius 1 is 1.18 bits per heavy atom. The standard InChI is InChI=1S/C25H24FN2O4P/c1-28(33(29,30)32-23-6-3-2-4-7-23)15-5-14-25(21-9-11-22(26)12-10-21)24-13-8-19(17-27)16-20(24)18-31-25/h2-4,6-13,16H,5,14-15,18H2,1H3,(H,29,30). The summed E-state index contributed by atoms with van der Waals surface area (Å²) in [5.41, 5.74) is 2.34. The summed E-state index contributed by atoms with van der Waals surface area (Å²) in [5.74, 6) is -0.0229. The lowest BCUT2D eigenvalue weighted by Gasteiger charge is -2.31. The van der Waals surface area contributed by atoms with Crippen molar-refractivity contribution in [2.45, 2.75) is 25.0 Å². The highest BCUT2D eigenvalue weighted by Gasteiger charge is 2.42. The van der Waals surface area contributed by atoms with Crippen LogP contribution < -0.4 is 4.52 Å². The van der Waals surface area contributed by atoms with E-state index in [1.807, 2.05) is 12.1 Å². The molecule has 0 saturated carbocycles. The quantitative estimate of drug-likeness (QED) is 0.450. The lowest BCUT2D eigenvalue weighted by atomic mass is 9.81. The van der Waals surface area contributed by atoms with Gasteiger partial charge in [-0.15, -0.1) is 0 Å². The molecule has 8 heteroatoms. The lowest BCUT2D eigenvalue weighted by Crippen LogP contribution is -2.29. The first kappa shape index (κ1) is 23.2. The number of hydrogen-bond donors (Lipinski definition) is 1. The van der Waals surface area contributed by atoms with Gasteiger partial charge in [0.1, 0.15) is 17.2 Å². The van der Waals surface area contributed by atoms with E-state index in [1.165, 1.54) is 23.9 Å². The molecule has 1 N–H and O–H groups in total. The second-order valence-corrected chi connectivity index (χ2v) is 9.83. The Balaban J connectivity index is 1.54. The first-order valence-electron chi connectivity index (χ1n) is 10.6. The van der Waals surface area contributed by atoms with Gasteiger partial charge in [0.05, 0.1) is 18.2 Å². The molecule has 0 aliphatic carbocycles. The van der Waals surface area contributed by atoms with E-state index in [0.717, 1.165) is 16.7 Å². The number of nitriles is 1. The van der Waals surface area contributed by atoms with Crippen LogP contribution in [0.25, 0.3) is 0 Å². The van der Waals surface area contributed by atoms with Crippen molar-refractivity contribution in [3.05, 3.63) is 101 Å². The van der Waals surface area contributed by atoms with Crippen molar-refractivity contribution in [1.82, 2.24) is 4.67 Å². The van der Waals surface area contributed by atoms with Gasteiger partial charge in [-0.2, -0.15) is 5.26 Å². The Bertz CT molecular complexity index is 1210. The minimum atomic E-state index is -4.04. The number of ether oxygens (including phenoxy) is 1. The molecule has 33 heavy (non-hydrogen) atoms. The molecule has 0 saturated heterocycles. The van der Waals surface area contributed by atoms with Crippen LogP contribution in [0.15, 0.2) is 72.8 Å². The van der Waals surface area contributed by atoms with Crippen LogP contribution in [0.2, 0.25) is 0 Å². The molecule has 0 bridgehead atoms. The first-order valence-corrected chi connectivity index (χ1v) is 12.1. The molecule has 0 spiro atoms. The first-order chi connectivity index (χ1) is 15.8. The molecule has 0 aromatic heterocycles. The molecule has 0 radical (unpaired) electrons. The highest BCUT2D eigenvalue weighted by molar-refractivity contribution is 7.50. The summed E-state index contributed by atoms with van der Waals surface area (Å²) in [5, 5.41) is 9.23. The predicted molar refractivity (Wildman–Crippen MR) is 122 cm³/mol. The fraction of sp³-hybridized carbons (Fsp3) is 0.240. The molecule has 2 atom stereocenters. The zero-order valence-electron chi connectivity index (χ0n) is 18.1. The van der Waals surface area contributed by atoms with Gasteiger partial charge >= 0.3 is 7.75 Å². The Kier molecular flexibility index (Phi) is 6.64. The number of halogens is 1. The van der Waals surface area contributed by atoms with Gasteiger partial charge in [0.15, 0.2) is 0 Å². The zero-order chi connectivity index (χ0) is 23.5. The summed E-state index contributed by atoms with van der Waals surface area (Å²) in [6, 6.07) is 22.3. The van der Waals surface area contributed by atoms with Gasteiger partial charge in [0, 0.05) is 6.54 Å². The van der Waals surface area contributed by atoms with E-state index in [1.54, 1.807) is 48.5 Å². The molecule has 0 fully saturated rings. The summed E-state index contributed by atoms with van der Waals surface area (Å²) in [6.45, 7) is 0.603. The third-order valence-electron chi connectivity index (χ3n) is 5.86. The molecule has 3 aromatic carbocycles. The van der Waals surface area contributed by atoms with Gasteiger partial charge in [0.2, 0.25) is 0 Å². The van der Waals surface area contributed by atoms with E-state index in [9.17, 15) is 19.1 Å². The molecule has 1 aliphatic rings. The number of fused-ring (bicyclic) bond motifs is 1. The summed E-state index contributed by atoms with van der Waals surface area (Å²) in [7, 11) is -2.50. The average Bonchev–Trinajstić information content (AvgIpc) is 3.18. The molecule has 6 nitrogen and oxygen atoms in total.